The van der Waals surface area contributed by atoms with Crippen LogP contribution in [0.1, 0.15) is 19.8 Å². The molecule has 2 atom stereocenters. The van der Waals surface area contributed by atoms with Gasteiger partial charge in [-0.2, -0.15) is 0 Å². The Balaban J connectivity index is 1.96. The lowest BCUT2D eigenvalue weighted by Gasteiger charge is -2.28. The fourth-order valence-electron chi connectivity index (χ4n) is 2.48. The quantitative estimate of drug-likeness (QED) is 0.734. The SMILES string of the molecule is COCCOc1ccc(S(=O)(=O)NC2CCNC(C)C2)cc1. The minimum absolute atomic E-state index is 0.0149. The maximum atomic E-state index is 12.4. The van der Waals surface area contributed by atoms with Crippen LogP contribution >= 0.6 is 0 Å². The minimum atomic E-state index is -3.48. The summed E-state index contributed by atoms with van der Waals surface area (Å²) in [7, 11) is -1.88. The van der Waals surface area contributed by atoms with Crippen LogP contribution in [-0.4, -0.2) is 47.4 Å². The number of ether oxygens (including phenoxy) is 2. The average molecular weight is 328 g/mol. The first-order chi connectivity index (χ1) is 10.5. The molecule has 0 aromatic heterocycles. The first-order valence-corrected chi connectivity index (χ1v) is 8.97. The van der Waals surface area contributed by atoms with E-state index >= 15 is 0 Å². The van der Waals surface area contributed by atoms with Crippen molar-refractivity contribution in [1.82, 2.24) is 10.0 Å². The lowest BCUT2D eigenvalue weighted by atomic mass is 10.0. The van der Waals surface area contributed by atoms with Gasteiger partial charge in [-0.25, -0.2) is 13.1 Å². The highest BCUT2D eigenvalue weighted by molar-refractivity contribution is 7.89. The van der Waals surface area contributed by atoms with Crippen molar-refractivity contribution in [3.05, 3.63) is 24.3 Å². The van der Waals surface area contributed by atoms with Gasteiger partial charge in [-0.1, -0.05) is 0 Å². The van der Waals surface area contributed by atoms with Crippen LogP contribution in [0.5, 0.6) is 5.75 Å². The second-order valence-electron chi connectivity index (χ2n) is 5.51. The van der Waals surface area contributed by atoms with Crippen molar-refractivity contribution >= 4 is 10.0 Å². The highest BCUT2D eigenvalue weighted by atomic mass is 32.2. The molecule has 0 bridgehead atoms. The second kappa shape index (κ2) is 7.92. The normalized spacial score (nSPS) is 22.5. The third kappa shape index (κ3) is 4.95. The minimum Gasteiger partial charge on any atom is -0.491 e. The number of hydrogen-bond donors (Lipinski definition) is 2. The zero-order valence-corrected chi connectivity index (χ0v) is 13.9. The predicted molar refractivity (Wildman–Crippen MR) is 84.6 cm³/mol. The summed E-state index contributed by atoms with van der Waals surface area (Å²) in [5, 5.41) is 3.31. The van der Waals surface area contributed by atoms with Gasteiger partial charge < -0.3 is 14.8 Å². The van der Waals surface area contributed by atoms with Crippen LogP contribution in [-0.2, 0) is 14.8 Å². The standard InChI is InChI=1S/C15H24N2O4S/c1-12-11-13(7-8-16-12)17-22(18,19)15-5-3-14(4-6-15)21-10-9-20-2/h3-6,12-13,16-17H,7-11H2,1-2H3. The Morgan fingerprint density at radius 2 is 2.00 bits per heavy atom. The molecule has 1 heterocycles. The van der Waals surface area contributed by atoms with E-state index in [1.807, 2.05) is 0 Å². The van der Waals surface area contributed by atoms with Crippen LogP contribution in [0.15, 0.2) is 29.2 Å². The number of piperidine rings is 1. The van der Waals surface area contributed by atoms with Crippen molar-refractivity contribution in [3.63, 3.8) is 0 Å². The summed E-state index contributed by atoms with van der Waals surface area (Å²) in [6.07, 6.45) is 1.61. The molecule has 1 saturated heterocycles. The summed E-state index contributed by atoms with van der Waals surface area (Å²) in [5.74, 6) is 0.631. The molecular weight excluding hydrogens is 304 g/mol. The van der Waals surface area contributed by atoms with Crippen LogP contribution in [0.2, 0.25) is 0 Å². The zero-order chi connectivity index (χ0) is 16.0. The van der Waals surface area contributed by atoms with Gasteiger partial charge >= 0.3 is 0 Å². The highest BCUT2D eigenvalue weighted by Crippen LogP contribution is 2.18. The predicted octanol–water partition coefficient (Wildman–Crippen LogP) is 1.13. The molecule has 2 N–H and O–H groups in total. The molecule has 1 aliphatic heterocycles. The summed E-state index contributed by atoms with van der Waals surface area (Å²) in [4.78, 5) is 0.262. The number of benzene rings is 1. The number of hydrogen-bond acceptors (Lipinski definition) is 5. The van der Waals surface area contributed by atoms with Gasteiger partial charge in [0.25, 0.3) is 0 Å². The van der Waals surface area contributed by atoms with Crippen molar-refractivity contribution in [3.8, 4) is 5.75 Å². The van der Waals surface area contributed by atoms with E-state index in [1.165, 1.54) is 0 Å². The van der Waals surface area contributed by atoms with Gasteiger partial charge in [0.1, 0.15) is 12.4 Å². The third-order valence-electron chi connectivity index (χ3n) is 3.64. The van der Waals surface area contributed by atoms with Gasteiger partial charge in [0.2, 0.25) is 10.0 Å². The van der Waals surface area contributed by atoms with Gasteiger partial charge in [0.05, 0.1) is 11.5 Å². The maximum absolute atomic E-state index is 12.4. The molecule has 0 radical (unpaired) electrons. The second-order valence-corrected chi connectivity index (χ2v) is 7.22. The Labute approximate surface area is 132 Å². The van der Waals surface area contributed by atoms with E-state index in [-0.39, 0.29) is 10.9 Å². The zero-order valence-electron chi connectivity index (χ0n) is 13.0. The van der Waals surface area contributed by atoms with Crippen molar-refractivity contribution in [1.29, 1.82) is 0 Å². The van der Waals surface area contributed by atoms with E-state index in [4.69, 9.17) is 9.47 Å². The third-order valence-corrected chi connectivity index (χ3v) is 5.17. The molecule has 1 aromatic carbocycles. The van der Waals surface area contributed by atoms with E-state index < -0.39 is 10.0 Å². The summed E-state index contributed by atoms with van der Waals surface area (Å²) in [6, 6.07) is 6.77. The molecule has 2 unspecified atom stereocenters. The summed E-state index contributed by atoms with van der Waals surface area (Å²) >= 11 is 0. The molecule has 0 amide bonds. The van der Waals surface area contributed by atoms with Gasteiger partial charge in [-0.05, 0) is 50.6 Å². The van der Waals surface area contributed by atoms with Crippen molar-refractivity contribution in [2.45, 2.75) is 36.7 Å². The van der Waals surface area contributed by atoms with E-state index in [0.29, 0.717) is 25.0 Å². The van der Waals surface area contributed by atoms with Gasteiger partial charge in [-0.3, -0.25) is 0 Å². The van der Waals surface area contributed by atoms with E-state index in [2.05, 4.69) is 17.0 Å². The maximum Gasteiger partial charge on any atom is 0.240 e. The van der Waals surface area contributed by atoms with Crippen molar-refractivity contribution < 1.29 is 17.9 Å². The fourth-order valence-corrected chi connectivity index (χ4v) is 3.77. The summed E-state index contributed by atoms with van der Waals surface area (Å²) < 4.78 is 37.9. The molecule has 1 aromatic rings. The summed E-state index contributed by atoms with van der Waals surface area (Å²) in [6.45, 7) is 3.83. The first-order valence-electron chi connectivity index (χ1n) is 7.49. The Bertz CT molecular complexity index is 559. The molecule has 7 heteroatoms. The van der Waals surface area contributed by atoms with E-state index in [1.54, 1.807) is 31.4 Å². The Morgan fingerprint density at radius 3 is 2.64 bits per heavy atom. The van der Waals surface area contributed by atoms with Crippen LogP contribution < -0.4 is 14.8 Å². The van der Waals surface area contributed by atoms with Crippen LogP contribution in [0, 0.1) is 0 Å². The Kier molecular flexibility index (Phi) is 6.19. The molecule has 0 spiro atoms. The van der Waals surface area contributed by atoms with Gasteiger partial charge in [-0.15, -0.1) is 0 Å². The molecule has 6 nitrogen and oxygen atoms in total. The smallest absolute Gasteiger partial charge is 0.240 e. The highest BCUT2D eigenvalue weighted by Gasteiger charge is 2.24. The van der Waals surface area contributed by atoms with E-state index in [0.717, 1.165) is 19.4 Å². The number of methoxy groups -OCH3 is 1. The average Bonchev–Trinajstić information content (AvgIpc) is 2.47. The molecule has 0 aliphatic carbocycles. The lowest BCUT2D eigenvalue weighted by molar-refractivity contribution is 0.146. The monoisotopic (exact) mass is 328 g/mol. The fraction of sp³-hybridized carbons (Fsp3) is 0.600. The first kappa shape index (κ1) is 17.2. The number of sulfonamides is 1. The largest absolute Gasteiger partial charge is 0.491 e. The molecule has 124 valence electrons. The number of nitrogens with one attached hydrogen (secondary N) is 2. The van der Waals surface area contributed by atoms with Gasteiger partial charge in [0.15, 0.2) is 0 Å². The number of rotatable bonds is 7. The molecular formula is C15H24N2O4S. The molecule has 22 heavy (non-hydrogen) atoms. The Hall–Kier alpha value is -1.15. The summed E-state index contributed by atoms with van der Waals surface area (Å²) in [5.41, 5.74) is 0. The van der Waals surface area contributed by atoms with Crippen molar-refractivity contribution in [2.75, 3.05) is 26.9 Å². The Morgan fingerprint density at radius 1 is 1.27 bits per heavy atom. The van der Waals surface area contributed by atoms with Crippen LogP contribution in [0.25, 0.3) is 0 Å². The lowest BCUT2D eigenvalue weighted by Crippen LogP contribution is -2.46. The van der Waals surface area contributed by atoms with Crippen LogP contribution in [0.3, 0.4) is 0 Å². The van der Waals surface area contributed by atoms with Crippen molar-refractivity contribution in [2.24, 2.45) is 0 Å². The molecule has 0 saturated carbocycles. The van der Waals surface area contributed by atoms with E-state index in [9.17, 15) is 8.42 Å². The van der Waals surface area contributed by atoms with Gasteiger partial charge in [0, 0.05) is 19.2 Å². The molecule has 1 aliphatic rings. The molecule has 2 rings (SSSR count). The topological polar surface area (TPSA) is 76.7 Å². The van der Waals surface area contributed by atoms with Crippen LogP contribution in [0.4, 0.5) is 0 Å². The molecule has 1 fully saturated rings.